The summed E-state index contributed by atoms with van der Waals surface area (Å²) in [6.45, 7) is 6.04. The van der Waals surface area contributed by atoms with E-state index in [0.29, 0.717) is 47.5 Å². The number of hydrazine groups is 1. The summed E-state index contributed by atoms with van der Waals surface area (Å²) in [7, 11) is -13.5. The van der Waals surface area contributed by atoms with Gasteiger partial charge in [-0.1, -0.05) is 38.5 Å². The molecule has 0 spiro atoms. The number of rotatable bonds is 21. The number of amides is 1. The van der Waals surface area contributed by atoms with Crippen molar-refractivity contribution in [2.45, 2.75) is 93.8 Å². The van der Waals surface area contributed by atoms with Crippen molar-refractivity contribution in [1.82, 2.24) is 5.43 Å². The summed E-state index contributed by atoms with van der Waals surface area (Å²) in [4.78, 5) is 13.8. The lowest BCUT2D eigenvalue weighted by Gasteiger charge is -2.30. The van der Waals surface area contributed by atoms with Gasteiger partial charge in [-0.2, -0.15) is 17.3 Å². The van der Waals surface area contributed by atoms with Crippen LogP contribution in [0.4, 0.5) is 11.4 Å². The SMILES string of the molecule is C.CC1(C)C(C=CC=CC=C2N(CCCS(=O)(=O)[O-])c3ccc(SOO[O-])cc3C2(C)CCCCCC(=O)NN)=[N+](CCCS(=O)(=O)O)c2ccc(S(=O)(=O)[O-])cc21. The zero-order chi connectivity index (χ0) is 42.2. The lowest BCUT2D eigenvalue weighted by Crippen LogP contribution is -2.30. The number of nitrogens with two attached hydrogens (primary N) is 1. The van der Waals surface area contributed by atoms with Crippen LogP contribution in [-0.2, 0) is 55.4 Å². The third kappa shape index (κ3) is 12.5. The third-order valence-electron chi connectivity index (χ3n) is 10.1. The molecule has 4 N–H and O–H groups in total. The Labute approximate surface area is 345 Å². The van der Waals surface area contributed by atoms with Crippen molar-refractivity contribution in [2.24, 2.45) is 5.84 Å². The summed E-state index contributed by atoms with van der Waals surface area (Å²) in [5, 5.41) is 14.1. The number of fused-ring (bicyclic) bond motifs is 2. The number of allylic oxidation sites excluding steroid dienone is 6. The van der Waals surface area contributed by atoms with Gasteiger partial charge >= 0.3 is 0 Å². The molecule has 58 heavy (non-hydrogen) atoms. The molecular weight excluding hydrogens is 837 g/mol. The highest BCUT2D eigenvalue weighted by atomic mass is 32.2. The van der Waals surface area contributed by atoms with E-state index in [4.69, 9.17) is 5.84 Å². The third-order valence-corrected chi connectivity index (χ3v) is 13.0. The lowest BCUT2D eigenvalue weighted by atomic mass is 9.77. The van der Waals surface area contributed by atoms with E-state index in [1.165, 1.54) is 18.2 Å². The molecule has 21 heteroatoms. The number of anilines is 1. The van der Waals surface area contributed by atoms with Gasteiger partial charge in [0, 0.05) is 64.5 Å². The molecule has 0 aliphatic carbocycles. The van der Waals surface area contributed by atoms with Crippen molar-refractivity contribution in [3.05, 3.63) is 83.6 Å². The Morgan fingerprint density at radius 2 is 1.67 bits per heavy atom. The number of nitrogens with zero attached hydrogens (tertiary/aromatic N) is 2. The second kappa shape index (κ2) is 20.2. The Morgan fingerprint density at radius 3 is 2.31 bits per heavy atom. The van der Waals surface area contributed by atoms with Gasteiger partial charge < -0.3 is 19.3 Å². The maximum atomic E-state index is 11.9. The first-order valence-electron chi connectivity index (χ1n) is 17.9. The average Bonchev–Trinajstić information content (AvgIpc) is 3.47. The molecule has 0 saturated heterocycles. The van der Waals surface area contributed by atoms with Gasteiger partial charge in [0.05, 0.1) is 38.2 Å². The Hall–Kier alpha value is -3.48. The van der Waals surface area contributed by atoms with Crippen LogP contribution >= 0.6 is 12.0 Å². The van der Waals surface area contributed by atoms with Crippen LogP contribution in [0.3, 0.4) is 0 Å². The Morgan fingerprint density at radius 1 is 0.948 bits per heavy atom. The Balaban J connectivity index is 0.00000900. The number of carbonyl (C=O) groups excluding carboxylic acids is 1. The van der Waals surface area contributed by atoms with Crippen LogP contribution in [0.5, 0.6) is 0 Å². The Kier molecular flexibility index (Phi) is 17.0. The van der Waals surface area contributed by atoms with Gasteiger partial charge in [0.2, 0.25) is 11.6 Å². The molecule has 322 valence electrons. The first-order valence-corrected chi connectivity index (χ1v) is 23.2. The normalized spacial score (nSPS) is 18.6. The van der Waals surface area contributed by atoms with Gasteiger partial charge in [-0.25, -0.2) is 22.7 Å². The topological polar surface area (TPSA) is 272 Å². The van der Waals surface area contributed by atoms with Crippen LogP contribution < -0.4 is 21.4 Å². The van der Waals surface area contributed by atoms with E-state index in [1.807, 2.05) is 48.5 Å². The smallest absolute Gasteiger partial charge is 0.265 e. The molecule has 2 aromatic rings. The summed E-state index contributed by atoms with van der Waals surface area (Å²) in [6, 6.07) is 9.38. The minimum Gasteiger partial charge on any atom is -0.748 e. The van der Waals surface area contributed by atoms with E-state index in [1.54, 1.807) is 30.4 Å². The van der Waals surface area contributed by atoms with E-state index in [2.05, 4.69) is 14.8 Å². The quantitative estimate of drug-likeness (QED) is 0.0185. The molecule has 2 aromatic carbocycles. The maximum absolute atomic E-state index is 11.9. The number of hydrogen-bond acceptors (Lipinski definition) is 15. The first-order chi connectivity index (χ1) is 26.6. The Bertz CT molecular complexity index is 2270. The fraction of sp³-hybridized carbons (Fsp3) is 0.459. The molecule has 2 aliphatic rings. The predicted molar refractivity (Wildman–Crippen MR) is 215 cm³/mol. The van der Waals surface area contributed by atoms with Gasteiger partial charge in [0.15, 0.2) is 5.71 Å². The zero-order valence-electron chi connectivity index (χ0n) is 31.6. The van der Waals surface area contributed by atoms with Gasteiger partial charge in [0.1, 0.15) is 16.7 Å². The first kappa shape index (κ1) is 48.9. The maximum Gasteiger partial charge on any atom is 0.265 e. The zero-order valence-corrected chi connectivity index (χ0v) is 34.8. The van der Waals surface area contributed by atoms with Crippen LogP contribution in [0.25, 0.3) is 0 Å². The number of unbranched alkanes of at least 4 members (excludes halogenated alkanes) is 2. The molecule has 1 unspecified atom stereocenters. The molecule has 0 radical (unpaired) electrons. The van der Waals surface area contributed by atoms with Crippen LogP contribution in [0.2, 0.25) is 0 Å². The molecule has 0 fully saturated rings. The van der Waals surface area contributed by atoms with E-state index >= 15 is 0 Å². The van der Waals surface area contributed by atoms with Gasteiger partial charge in [-0.15, -0.1) is 0 Å². The number of hydrogen-bond donors (Lipinski definition) is 3. The summed E-state index contributed by atoms with van der Waals surface area (Å²) in [6.07, 6.45) is 11.8. The predicted octanol–water partition coefficient (Wildman–Crippen LogP) is 3.76. The summed E-state index contributed by atoms with van der Waals surface area (Å²) >= 11 is 0.722. The largest absolute Gasteiger partial charge is 0.748 e. The second-order valence-electron chi connectivity index (χ2n) is 14.4. The van der Waals surface area contributed by atoms with Crippen LogP contribution in [0.15, 0.2) is 82.3 Å². The molecular formula is C37H50N4O13S4-2. The number of carbonyl (C=O) groups is 1. The van der Waals surface area contributed by atoms with Crippen LogP contribution in [-0.4, -0.2) is 79.7 Å². The molecule has 4 rings (SSSR count). The fourth-order valence-electron chi connectivity index (χ4n) is 7.37. The molecule has 0 bridgehead atoms. The highest BCUT2D eigenvalue weighted by Gasteiger charge is 2.45. The van der Waals surface area contributed by atoms with Crippen molar-refractivity contribution in [3.63, 3.8) is 0 Å². The van der Waals surface area contributed by atoms with Crippen molar-refractivity contribution >= 4 is 65.4 Å². The van der Waals surface area contributed by atoms with Gasteiger partial charge in [-0.05, 0) is 82.0 Å². The highest BCUT2D eigenvalue weighted by Crippen LogP contribution is 2.52. The van der Waals surface area contributed by atoms with Crippen molar-refractivity contribution < 1.29 is 62.9 Å². The standard InChI is InChI=1S/C36H48N4O13S4.CH4/c1-35(2)28-25-27(57(49,50)51)16-18-30(28)39(20-10-22-55(43,44)45)32(35)12-6-4-7-13-33-36(3,19-9-5-8-14-34(41)38-37)29-24-26(54-53-52-42)15-17-31(29)40(33)21-11-23-56(46,47)48;/h4,6-7,12-13,15-18,24-25H,5,8-11,14,19-23,37H2,1-3H3,(H4-,38,41,42,43,44,45,46,47,48,49,50,51);1H4/p-2. The molecule has 1 amide bonds. The molecule has 0 aromatic heterocycles. The van der Waals surface area contributed by atoms with Gasteiger partial charge in [0.25, 0.3) is 10.1 Å². The average molecular weight is 887 g/mol. The molecule has 17 nitrogen and oxygen atoms in total. The molecule has 0 saturated carbocycles. The number of nitrogens with one attached hydrogen (secondary N) is 1. The molecule has 2 aliphatic heterocycles. The summed E-state index contributed by atoms with van der Waals surface area (Å²) in [5.74, 6) is 3.86. The van der Waals surface area contributed by atoms with Gasteiger partial charge in [-0.3, -0.25) is 19.8 Å². The van der Waals surface area contributed by atoms with E-state index in [-0.39, 0.29) is 45.7 Å². The summed E-state index contributed by atoms with van der Waals surface area (Å²) < 4.78 is 109. The molecule has 2 heterocycles. The minimum atomic E-state index is -4.77. The van der Waals surface area contributed by atoms with Crippen LogP contribution in [0, 0.1) is 0 Å². The van der Waals surface area contributed by atoms with Crippen LogP contribution in [0.1, 0.15) is 84.3 Å². The van der Waals surface area contributed by atoms with E-state index < -0.39 is 57.6 Å². The van der Waals surface area contributed by atoms with Crippen molar-refractivity contribution in [1.29, 1.82) is 0 Å². The summed E-state index contributed by atoms with van der Waals surface area (Å²) in [5.41, 5.74) is 4.79. The monoisotopic (exact) mass is 886 g/mol. The highest BCUT2D eigenvalue weighted by molar-refractivity contribution is 7.94. The number of benzene rings is 2. The van der Waals surface area contributed by atoms with Crippen molar-refractivity contribution in [3.8, 4) is 0 Å². The lowest BCUT2D eigenvalue weighted by molar-refractivity contribution is -0.777. The minimum absolute atomic E-state index is 0. The van der Waals surface area contributed by atoms with E-state index in [0.717, 1.165) is 29.0 Å². The second-order valence-corrected chi connectivity index (χ2v) is 19.6. The van der Waals surface area contributed by atoms with Crippen molar-refractivity contribution in [2.75, 3.05) is 29.5 Å². The molecule has 1 atom stereocenters. The van der Waals surface area contributed by atoms with E-state index in [9.17, 15) is 49.0 Å². The fourth-order valence-corrected chi connectivity index (χ4v) is 9.24.